The lowest BCUT2D eigenvalue weighted by atomic mass is 10.1. The summed E-state index contributed by atoms with van der Waals surface area (Å²) in [4.78, 5) is 10.2. The van der Waals surface area contributed by atoms with Crippen LogP contribution in [0, 0.1) is 0 Å². The predicted octanol–water partition coefficient (Wildman–Crippen LogP) is 1.31. The van der Waals surface area contributed by atoms with Crippen LogP contribution in [0.1, 0.15) is 25.3 Å². The fourth-order valence-electron chi connectivity index (χ4n) is 1.15. The summed E-state index contributed by atoms with van der Waals surface area (Å²) >= 11 is 0. The van der Waals surface area contributed by atoms with Gasteiger partial charge in [-0.2, -0.15) is 5.10 Å². The number of aromatic nitrogens is 2. The van der Waals surface area contributed by atoms with E-state index >= 15 is 0 Å². The molecule has 0 bridgehead atoms. The lowest BCUT2D eigenvalue weighted by Crippen LogP contribution is -1.95. The summed E-state index contributed by atoms with van der Waals surface area (Å²) in [6, 6.07) is 0. The number of carboxylic acid groups (broad SMARTS) is 1. The van der Waals surface area contributed by atoms with Crippen LogP contribution < -0.4 is 0 Å². The van der Waals surface area contributed by atoms with Gasteiger partial charge < -0.3 is 5.11 Å². The van der Waals surface area contributed by atoms with Crippen LogP contribution in [0.2, 0.25) is 0 Å². The molecule has 0 saturated carbocycles. The van der Waals surface area contributed by atoms with E-state index in [-0.39, 0.29) is 6.42 Å². The summed E-state index contributed by atoms with van der Waals surface area (Å²) in [6.07, 6.45) is 5.47. The quantitative estimate of drug-likeness (QED) is 0.747. The van der Waals surface area contributed by atoms with Crippen molar-refractivity contribution in [3.05, 3.63) is 18.0 Å². The molecule has 0 unspecified atom stereocenters. The second kappa shape index (κ2) is 4.64. The molecule has 4 heteroatoms. The summed E-state index contributed by atoms with van der Waals surface area (Å²) in [5.41, 5.74) is 1.11. The van der Waals surface area contributed by atoms with Gasteiger partial charge in [0.25, 0.3) is 0 Å². The second-order valence-corrected chi connectivity index (χ2v) is 2.95. The Hall–Kier alpha value is -1.32. The van der Waals surface area contributed by atoms with E-state index in [1.165, 1.54) is 0 Å². The molecule has 1 N–H and O–H groups in total. The Morgan fingerprint density at radius 3 is 3.00 bits per heavy atom. The van der Waals surface area contributed by atoms with Crippen molar-refractivity contribution >= 4 is 5.97 Å². The first kappa shape index (κ1) is 9.77. The third kappa shape index (κ3) is 3.27. The largest absolute Gasteiger partial charge is 0.481 e. The van der Waals surface area contributed by atoms with E-state index in [4.69, 9.17) is 5.11 Å². The first-order valence-corrected chi connectivity index (χ1v) is 4.45. The number of hydrogen-bond acceptors (Lipinski definition) is 2. The molecule has 0 aliphatic rings. The van der Waals surface area contributed by atoms with Crippen LogP contribution in [0.4, 0.5) is 0 Å². The molecule has 0 spiro atoms. The first-order valence-electron chi connectivity index (χ1n) is 4.45. The van der Waals surface area contributed by atoms with Gasteiger partial charge in [0.05, 0.1) is 6.20 Å². The Bertz CT molecular complexity index is 281. The topological polar surface area (TPSA) is 55.1 Å². The third-order valence-corrected chi connectivity index (χ3v) is 1.87. The Morgan fingerprint density at radius 1 is 1.69 bits per heavy atom. The minimum atomic E-state index is -0.733. The van der Waals surface area contributed by atoms with E-state index < -0.39 is 5.97 Å². The maximum absolute atomic E-state index is 10.2. The van der Waals surface area contributed by atoms with Gasteiger partial charge in [-0.05, 0) is 25.3 Å². The molecule has 1 heterocycles. The van der Waals surface area contributed by atoms with Crippen LogP contribution in [0.5, 0.6) is 0 Å². The molecule has 72 valence electrons. The zero-order chi connectivity index (χ0) is 9.68. The smallest absolute Gasteiger partial charge is 0.303 e. The van der Waals surface area contributed by atoms with Crippen LogP contribution in [0.15, 0.2) is 12.4 Å². The fraction of sp³-hybridized carbons (Fsp3) is 0.556. The van der Waals surface area contributed by atoms with E-state index in [0.29, 0.717) is 6.42 Å². The van der Waals surface area contributed by atoms with Crippen molar-refractivity contribution < 1.29 is 9.90 Å². The van der Waals surface area contributed by atoms with Crippen LogP contribution in [0.25, 0.3) is 0 Å². The van der Waals surface area contributed by atoms with Gasteiger partial charge in [0.1, 0.15) is 0 Å². The number of nitrogens with zero attached hydrogens (tertiary/aromatic N) is 2. The van der Waals surface area contributed by atoms with E-state index in [1.807, 2.05) is 17.8 Å². The normalized spacial score (nSPS) is 10.2. The van der Waals surface area contributed by atoms with Crippen molar-refractivity contribution in [3.63, 3.8) is 0 Å². The van der Waals surface area contributed by atoms with Gasteiger partial charge in [0.15, 0.2) is 0 Å². The molecule has 0 aliphatic carbocycles. The molecule has 1 aromatic rings. The first-order chi connectivity index (χ1) is 6.22. The summed E-state index contributed by atoms with van der Waals surface area (Å²) < 4.78 is 1.84. The number of hydrogen-bond donors (Lipinski definition) is 1. The number of aliphatic carboxylic acids is 1. The summed E-state index contributed by atoms with van der Waals surface area (Å²) in [5, 5.41) is 12.5. The SMILES string of the molecule is CCn1cc(CCCC(=O)O)cn1. The maximum atomic E-state index is 10.2. The monoisotopic (exact) mass is 182 g/mol. The molecule has 0 saturated heterocycles. The highest BCUT2D eigenvalue weighted by Crippen LogP contribution is 2.03. The van der Waals surface area contributed by atoms with Crippen molar-refractivity contribution in [3.8, 4) is 0 Å². The number of rotatable bonds is 5. The molecular formula is C9H14N2O2. The van der Waals surface area contributed by atoms with Crippen molar-refractivity contribution in [2.45, 2.75) is 32.7 Å². The molecule has 0 atom stereocenters. The standard InChI is InChI=1S/C9H14N2O2/c1-2-11-7-8(6-10-11)4-3-5-9(12)13/h6-7H,2-5H2,1H3,(H,12,13). The number of aryl methyl sites for hydroxylation is 2. The van der Waals surface area contributed by atoms with Crippen molar-refractivity contribution in [2.24, 2.45) is 0 Å². The van der Waals surface area contributed by atoms with Gasteiger partial charge in [-0.1, -0.05) is 0 Å². The lowest BCUT2D eigenvalue weighted by Gasteiger charge is -1.93. The van der Waals surface area contributed by atoms with Gasteiger partial charge >= 0.3 is 5.97 Å². The van der Waals surface area contributed by atoms with Crippen LogP contribution in [-0.2, 0) is 17.8 Å². The minimum Gasteiger partial charge on any atom is -0.481 e. The summed E-state index contributed by atoms with van der Waals surface area (Å²) in [6.45, 7) is 2.88. The van der Waals surface area contributed by atoms with Crippen molar-refractivity contribution in [2.75, 3.05) is 0 Å². The summed E-state index contributed by atoms with van der Waals surface area (Å²) in [5.74, 6) is -0.733. The zero-order valence-corrected chi connectivity index (χ0v) is 7.73. The molecule has 1 rings (SSSR count). The average molecular weight is 182 g/mol. The molecule has 13 heavy (non-hydrogen) atoms. The highest BCUT2D eigenvalue weighted by molar-refractivity contribution is 5.66. The van der Waals surface area contributed by atoms with E-state index in [1.54, 1.807) is 6.20 Å². The Balaban J connectivity index is 2.32. The van der Waals surface area contributed by atoms with E-state index in [2.05, 4.69) is 5.10 Å². The Kier molecular flexibility index (Phi) is 3.49. The maximum Gasteiger partial charge on any atom is 0.303 e. The van der Waals surface area contributed by atoms with Gasteiger partial charge in [-0.25, -0.2) is 0 Å². The minimum absolute atomic E-state index is 0.233. The number of carboxylic acids is 1. The molecule has 0 aliphatic heterocycles. The molecule has 0 fully saturated rings. The third-order valence-electron chi connectivity index (χ3n) is 1.87. The van der Waals surface area contributed by atoms with Gasteiger partial charge in [-0.3, -0.25) is 9.48 Å². The van der Waals surface area contributed by atoms with Crippen LogP contribution in [-0.4, -0.2) is 20.9 Å². The van der Waals surface area contributed by atoms with Gasteiger partial charge in [-0.15, -0.1) is 0 Å². The Morgan fingerprint density at radius 2 is 2.46 bits per heavy atom. The summed E-state index contributed by atoms with van der Waals surface area (Å²) in [7, 11) is 0. The van der Waals surface area contributed by atoms with Crippen molar-refractivity contribution in [1.82, 2.24) is 9.78 Å². The highest BCUT2D eigenvalue weighted by atomic mass is 16.4. The Labute approximate surface area is 77.2 Å². The van der Waals surface area contributed by atoms with E-state index in [0.717, 1.165) is 18.5 Å². The molecule has 1 aromatic heterocycles. The molecule has 0 amide bonds. The van der Waals surface area contributed by atoms with Crippen LogP contribution >= 0.6 is 0 Å². The van der Waals surface area contributed by atoms with Crippen LogP contribution in [0.3, 0.4) is 0 Å². The zero-order valence-electron chi connectivity index (χ0n) is 7.73. The number of carbonyl (C=O) groups is 1. The van der Waals surface area contributed by atoms with Crippen molar-refractivity contribution in [1.29, 1.82) is 0 Å². The fourth-order valence-corrected chi connectivity index (χ4v) is 1.15. The highest BCUT2D eigenvalue weighted by Gasteiger charge is 2.00. The van der Waals surface area contributed by atoms with Gasteiger partial charge in [0.2, 0.25) is 0 Å². The van der Waals surface area contributed by atoms with Gasteiger partial charge in [0, 0.05) is 19.2 Å². The average Bonchev–Trinajstić information content (AvgIpc) is 2.52. The predicted molar refractivity (Wildman–Crippen MR) is 48.5 cm³/mol. The lowest BCUT2D eigenvalue weighted by molar-refractivity contribution is -0.137. The molecule has 0 aromatic carbocycles. The second-order valence-electron chi connectivity index (χ2n) is 2.95. The van der Waals surface area contributed by atoms with E-state index in [9.17, 15) is 4.79 Å². The molecule has 0 radical (unpaired) electrons. The molecular weight excluding hydrogens is 168 g/mol. The molecule has 4 nitrogen and oxygen atoms in total.